The first-order valence-electron chi connectivity index (χ1n) is 4.06. The third kappa shape index (κ3) is 5.92. The van der Waals surface area contributed by atoms with E-state index in [0.717, 1.165) is 12.8 Å². The second-order valence-corrected chi connectivity index (χ2v) is 2.78. The average molecular weight is 172 g/mol. The molecule has 0 aliphatic carbocycles. The molecule has 0 heterocycles. The number of methoxy groups -OCH3 is 1. The smallest absolute Gasteiger partial charge is 0.330 e. The molecule has 0 spiro atoms. The van der Waals surface area contributed by atoms with Gasteiger partial charge in [-0.15, -0.1) is 0 Å². The van der Waals surface area contributed by atoms with Crippen LogP contribution >= 0.6 is 0 Å². The third-order valence-electron chi connectivity index (χ3n) is 1.62. The van der Waals surface area contributed by atoms with Crippen molar-refractivity contribution in [2.24, 2.45) is 5.92 Å². The minimum Gasteiger partial charge on any atom is -0.466 e. The number of allylic oxidation sites excluding steroid dienone is 1. The topological polar surface area (TPSA) is 46.5 Å². The summed E-state index contributed by atoms with van der Waals surface area (Å²) >= 11 is 0. The molecule has 1 unspecified atom stereocenters. The van der Waals surface area contributed by atoms with Crippen LogP contribution in [0.15, 0.2) is 12.2 Å². The van der Waals surface area contributed by atoms with Gasteiger partial charge in [-0.1, -0.05) is 13.0 Å². The van der Waals surface area contributed by atoms with E-state index in [1.807, 2.05) is 6.92 Å². The second-order valence-electron chi connectivity index (χ2n) is 2.78. The Hall–Kier alpha value is -0.830. The number of aliphatic hydroxyl groups excluding tert-OH is 1. The van der Waals surface area contributed by atoms with Gasteiger partial charge in [-0.25, -0.2) is 4.79 Å². The van der Waals surface area contributed by atoms with Gasteiger partial charge in [0, 0.05) is 12.7 Å². The third-order valence-corrected chi connectivity index (χ3v) is 1.62. The summed E-state index contributed by atoms with van der Waals surface area (Å²) in [4.78, 5) is 10.6. The maximum atomic E-state index is 10.6. The predicted molar refractivity (Wildman–Crippen MR) is 46.6 cm³/mol. The molecule has 1 N–H and O–H groups in total. The molecule has 3 heteroatoms. The van der Waals surface area contributed by atoms with E-state index in [0.29, 0.717) is 5.92 Å². The first kappa shape index (κ1) is 11.2. The van der Waals surface area contributed by atoms with Crippen LogP contribution in [-0.4, -0.2) is 24.8 Å². The fraction of sp³-hybridized carbons (Fsp3) is 0.667. The van der Waals surface area contributed by atoms with Crippen LogP contribution in [0, 0.1) is 5.92 Å². The van der Waals surface area contributed by atoms with Crippen LogP contribution < -0.4 is 0 Å². The molecule has 0 amide bonds. The minimum atomic E-state index is -0.328. The van der Waals surface area contributed by atoms with E-state index in [1.54, 1.807) is 6.08 Å². The Morgan fingerprint density at radius 3 is 2.83 bits per heavy atom. The zero-order valence-corrected chi connectivity index (χ0v) is 7.62. The van der Waals surface area contributed by atoms with Crippen LogP contribution in [0.4, 0.5) is 0 Å². The molecule has 0 bridgehead atoms. The maximum Gasteiger partial charge on any atom is 0.330 e. The zero-order valence-electron chi connectivity index (χ0n) is 7.62. The molecule has 3 nitrogen and oxygen atoms in total. The Bertz CT molecular complexity index is 152. The predicted octanol–water partition coefficient (Wildman–Crippen LogP) is 1.12. The number of aliphatic hydroxyl groups is 1. The summed E-state index contributed by atoms with van der Waals surface area (Å²) in [6.07, 6.45) is 4.75. The van der Waals surface area contributed by atoms with E-state index in [-0.39, 0.29) is 12.6 Å². The van der Waals surface area contributed by atoms with Crippen LogP contribution in [0.25, 0.3) is 0 Å². The Labute approximate surface area is 73.0 Å². The lowest BCUT2D eigenvalue weighted by atomic mass is 10.0. The molecule has 0 aromatic rings. The van der Waals surface area contributed by atoms with Gasteiger partial charge in [-0.2, -0.15) is 0 Å². The summed E-state index contributed by atoms with van der Waals surface area (Å²) in [5, 5.41) is 8.58. The molecule has 0 aliphatic rings. The molecule has 0 saturated heterocycles. The monoisotopic (exact) mass is 172 g/mol. The van der Waals surface area contributed by atoms with E-state index in [4.69, 9.17) is 5.11 Å². The minimum absolute atomic E-state index is 0.202. The van der Waals surface area contributed by atoms with E-state index in [2.05, 4.69) is 4.74 Å². The largest absolute Gasteiger partial charge is 0.466 e. The number of ether oxygens (including phenoxy) is 1. The Morgan fingerprint density at radius 1 is 1.67 bits per heavy atom. The van der Waals surface area contributed by atoms with Crippen molar-refractivity contribution >= 4 is 5.97 Å². The zero-order chi connectivity index (χ0) is 9.40. The Morgan fingerprint density at radius 2 is 2.33 bits per heavy atom. The fourth-order valence-corrected chi connectivity index (χ4v) is 0.803. The fourth-order valence-electron chi connectivity index (χ4n) is 0.803. The van der Waals surface area contributed by atoms with Crippen LogP contribution in [-0.2, 0) is 9.53 Å². The summed E-state index contributed by atoms with van der Waals surface area (Å²) in [5.74, 6) is 0.0853. The molecular formula is C9H16O3. The highest BCUT2D eigenvalue weighted by atomic mass is 16.5. The number of hydrogen-bond acceptors (Lipinski definition) is 3. The first-order chi connectivity index (χ1) is 5.70. The molecule has 0 rings (SSSR count). The molecule has 0 aromatic carbocycles. The van der Waals surface area contributed by atoms with E-state index in [1.165, 1.54) is 13.2 Å². The quantitative estimate of drug-likeness (QED) is 0.499. The summed E-state index contributed by atoms with van der Waals surface area (Å²) in [6.45, 7) is 2.23. The van der Waals surface area contributed by atoms with Gasteiger partial charge in [0.15, 0.2) is 0 Å². The molecule has 70 valence electrons. The van der Waals surface area contributed by atoms with Crippen molar-refractivity contribution in [2.75, 3.05) is 13.7 Å². The second kappa shape index (κ2) is 6.85. The van der Waals surface area contributed by atoms with Crippen molar-refractivity contribution in [1.82, 2.24) is 0 Å². The molecule has 12 heavy (non-hydrogen) atoms. The van der Waals surface area contributed by atoms with Gasteiger partial charge < -0.3 is 9.84 Å². The normalized spacial score (nSPS) is 13.2. The summed E-state index contributed by atoms with van der Waals surface area (Å²) in [5.41, 5.74) is 0. The molecule has 0 radical (unpaired) electrons. The van der Waals surface area contributed by atoms with Crippen molar-refractivity contribution in [3.05, 3.63) is 12.2 Å². The molecule has 0 aromatic heterocycles. The van der Waals surface area contributed by atoms with Gasteiger partial charge in [0.05, 0.1) is 7.11 Å². The molecule has 1 atom stereocenters. The summed E-state index contributed by atoms with van der Waals surface area (Å²) < 4.78 is 4.42. The van der Waals surface area contributed by atoms with Gasteiger partial charge in [-0.3, -0.25) is 0 Å². The van der Waals surface area contributed by atoms with Crippen molar-refractivity contribution in [3.8, 4) is 0 Å². The van der Waals surface area contributed by atoms with Gasteiger partial charge in [-0.05, 0) is 18.8 Å². The molecule has 0 saturated carbocycles. The van der Waals surface area contributed by atoms with Crippen LogP contribution in [0.1, 0.15) is 19.8 Å². The number of carbonyl (C=O) groups excluding carboxylic acids is 1. The lowest BCUT2D eigenvalue weighted by molar-refractivity contribution is -0.134. The van der Waals surface area contributed by atoms with Gasteiger partial charge >= 0.3 is 5.97 Å². The Balaban J connectivity index is 3.52. The average Bonchev–Trinajstić information content (AvgIpc) is 2.04. The van der Waals surface area contributed by atoms with Crippen molar-refractivity contribution in [2.45, 2.75) is 19.8 Å². The lowest BCUT2D eigenvalue weighted by Gasteiger charge is -2.03. The van der Waals surface area contributed by atoms with Crippen molar-refractivity contribution in [3.63, 3.8) is 0 Å². The van der Waals surface area contributed by atoms with Gasteiger partial charge in [0.25, 0.3) is 0 Å². The van der Waals surface area contributed by atoms with E-state index >= 15 is 0 Å². The van der Waals surface area contributed by atoms with E-state index < -0.39 is 0 Å². The number of carbonyl (C=O) groups is 1. The first-order valence-corrected chi connectivity index (χ1v) is 4.06. The molecule has 0 fully saturated rings. The SMILES string of the molecule is COC(=O)/C=C/CC(C)CCO. The molecule has 0 aliphatic heterocycles. The standard InChI is InChI=1S/C9H16O3/c1-8(6-7-10)4-3-5-9(11)12-2/h3,5,8,10H,4,6-7H2,1-2H3/b5-3+. The van der Waals surface area contributed by atoms with Crippen LogP contribution in [0.5, 0.6) is 0 Å². The number of hydrogen-bond donors (Lipinski definition) is 1. The maximum absolute atomic E-state index is 10.6. The Kier molecular flexibility index (Phi) is 6.38. The van der Waals surface area contributed by atoms with E-state index in [9.17, 15) is 4.79 Å². The lowest BCUT2D eigenvalue weighted by Crippen LogP contribution is -1.98. The number of rotatable bonds is 5. The summed E-state index contributed by atoms with van der Waals surface area (Å²) in [7, 11) is 1.35. The van der Waals surface area contributed by atoms with Crippen LogP contribution in [0.2, 0.25) is 0 Å². The molecular weight excluding hydrogens is 156 g/mol. The van der Waals surface area contributed by atoms with Gasteiger partial charge in [0.2, 0.25) is 0 Å². The van der Waals surface area contributed by atoms with Gasteiger partial charge in [0.1, 0.15) is 0 Å². The highest BCUT2D eigenvalue weighted by molar-refractivity contribution is 5.81. The summed E-state index contributed by atoms with van der Waals surface area (Å²) in [6, 6.07) is 0. The highest BCUT2D eigenvalue weighted by Gasteiger charge is 1.98. The number of esters is 1. The van der Waals surface area contributed by atoms with Crippen LogP contribution in [0.3, 0.4) is 0 Å². The van der Waals surface area contributed by atoms with Crippen molar-refractivity contribution in [1.29, 1.82) is 0 Å². The van der Waals surface area contributed by atoms with Crippen molar-refractivity contribution < 1.29 is 14.6 Å². The highest BCUT2D eigenvalue weighted by Crippen LogP contribution is 2.06.